The molecule has 0 saturated heterocycles. The summed E-state index contributed by atoms with van der Waals surface area (Å²) < 4.78 is 46.6. The summed E-state index contributed by atoms with van der Waals surface area (Å²) in [6.45, 7) is 3.49. The van der Waals surface area contributed by atoms with Crippen LogP contribution < -0.4 is 4.74 Å². The van der Waals surface area contributed by atoms with Crippen LogP contribution in [0.15, 0.2) is 36.4 Å². The van der Waals surface area contributed by atoms with Gasteiger partial charge >= 0.3 is 0 Å². The molecule has 4 nitrogen and oxygen atoms in total. The molecular formula is C24H26F3NO3. The van der Waals surface area contributed by atoms with E-state index in [9.17, 15) is 23.1 Å². The van der Waals surface area contributed by atoms with E-state index in [1.807, 2.05) is 0 Å². The summed E-state index contributed by atoms with van der Waals surface area (Å²) in [5.74, 6) is -3.49. The molecule has 2 aromatic carbocycles. The predicted molar refractivity (Wildman–Crippen MR) is 111 cm³/mol. The Kier molecular flexibility index (Phi) is 5.28. The average Bonchev–Trinajstić information content (AvgIpc) is 3.43. The molecule has 1 atom stereocenters. The van der Waals surface area contributed by atoms with Gasteiger partial charge in [0.05, 0.1) is 17.2 Å². The van der Waals surface area contributed by atoms with Gasteiger partial charge in [0.1, 0.15) is 11.6 Å². The largest absolute Gasteiger partial charge is 0.487 e. The second-order valence-corrected chi connectivity index (χ2v) is 9.21. The van der Waals surface area contributed by atoms with Gasteiger partial charge < -0.3 is 14.7 Å². The van der Waals surface area contributed by atoms with Gasteiger partial charge in [0, 0.05) is 24.6 Å². The molecule has 1 saturated carbocycles. The molecule has 1 aliphatic carbocycles. The quantitative estimate of drug-likeness (QED) is 0.666. The molecule has 1 amide bonds. The van der Waals surface area contributed by atoms with E-state index in [0.717, 1.165) is 19.8 Å². The van der Waals surface area contributed by atoms with Crippen LogP contribution in [0.5, 0.6) is 5.75 Å². The first-order valence-corrected chi connectivity index (χ1v) is 10.4. The highest BCUT2D eigenvalue weighted by atomic mass is 19.3. The van der Waals surface area contributed by atoms with Crippen molar-refractivity contribution in [2.24, 2.45) is 5.92 Å². The SMILES string of the molecule is CC(F)(F)COc1ccccc1-c1cc(F)cc2c1C(=O)N(C(C1CC1)C(C)(C)O)C2. The Morgan fingerprint density at radius 3 is 2.45 bits per heavy atom. The number of carbonyl (C=O) groups is 1. The lowest BCUT2D eigenvalue weighted by Gasteiger charge is -2.37. The number of alkyl halides is 2. The highest BCUT2D eigenvalue weighted by Crippen LogP contribution is 2.45. The molecule has 1 fully saturated rings. The smallest absolute Gasteiger partial charge is 0.278 e. The summed E-state index contributed by atoms with van der Waals surface area (Å²) in [6.07, 6.45) is 1.86. The second kappa shape index (κ2) is 7.55. The summed E-state index contributed by atoms with van der Waals surface area (Å²) in [7, 11) is 0. The van der Waals surface area contributed by atoms with Crippen LogP contribution in [0, 0.1) is 11.7 Å². The normalized spacial score (nSPS) is 17.6. The third-order valence-electron chi connectivity index (χ3n) is 5.79. The van der Waals surface area contributed by atoms with Crippen molar-refractivity contribution >= 4 is 5.91 Å². The van der Waals surface area contributed by atoms with Gasteiger partial charge in [-0.3, -0.25) is 4.79 Å². The number of hydrogen-bond acceptors (Lipinski definition) is 3. The van der Waals surface area contributed by atoms with Gasteiger partial charge in [-0.05, 0) is 56.4 Å². The van der Waals surface area contributed by atoms with Crippen molar-refractivity contribution in [1.82, 2.24) is 4.90 Å². The fourth-order valence-electron chi connectivity index (χ4n) is 4.52. The van der Waals surface area contributed by atoms with Crippen molar-refractivity contribution in [1.29, 1.82) is 0 Å². The van der Waals surface area contributed by atoms with E-state index in [-0.39, 0.29) is 30.2 Å². The Labute approximate surface area is 179 Å². The molecular weight excluding hydrogens is 407 g/mol. The number of ether oxygens (including phenoxy) is 1. The van der Waals surface area contributed by atoms with Crippen LogP contribution in [0.3, 0.4) is 0 Å². The number of amides is 1. The third-order valence-corrected chi connectivity index (χ3v) is 5.79. The van der Waals surface area contributed by atoms with E-state index in [4.69, 9.17) is 4.74 Å². The van der Waals surface area contributed by atoms with Crippen molar-refractivity contribution in [3.05, 3.63) is 53.3 Å². The number of aliphatic hydroxyl groups is 1. The van der Waals surface area contributed by atoms with Crippen molar-refractivity contribution < 1.29 is 27.8 Å². The first-order valence-electron chi connectivity index (χ1n) is 10.4. The monoisotopic (exact) mass is 433 g/mol. The first-order chi connectivity index (χ1) is 14.5. The van der Waals surface area contributed by atoms with Crippen molar-refractivity contribution in [2.75, 3.05) is 6.61 Å². The van der Waals surface area contributed by atoms with Crippen molar-refractivity contribution in [2.45, 2.75) is 57.7 Å². The number of fused-ring (bicyclic) bond motifs is 1. The fourth-order valence-corrected chi connectivity index (χ4v) is 4.52. The zero-order chi connectivity index (χ0) is 22.6. The van der Waals surface area contributed by atoms with Gasteiger partial charge in [0.2, 0.25) is 0 Å². The Hall–Kier alpha value is -2.54. The number of hydrogen-bond donors (Lipinski definition) is 1. The molecule has 0 radical (unpaired) electrons. The van der Waals surface area contributed by atoms with Crippen LogP contribution in [-0.4, -0.2) is 40.1 Å². The van der Waals surface area contributed by atoms with E-state index in [1.54, 1.807) is 36.9 Å². The maximum Gasteiger partial charge on any atom is 0.278 e. The minimum atomic E-state index is -3.03. The van der Waals surface area contributed by atoms with Gasteiger partial charge in [-0.2, -0.15) is 0 Å². The maximum absolute atomic E-state index is 14.5. The summed E-state index contributed by atoms with van der Waals surface area (Å²) >= 11 is 0. The summed E-state index contributed by atoms with van der Waals surface area (Å²) in [6, 6.07) is 8.66. The van der Waals surface area contributed by atoms with E-state index in [1.165, 1.54) is 18.2 Å². The lowest BCUT2D eigenvalue weighted by molar-refractivity contribution is -0.0228. The number of halogens is 3. The molecule has 1 N–H and O–H groups in total. The van der Waals surface area contributed by atoms with E-state index in [0.29, 0.717) is 22.3 Å². The number of para-hydroxylation sites is 1. The topological polar surface area (TPSA) is 49.8 Å². The summed E-state index contributed by atoms with van der Waals surface area (Å²) in [4.78, 5) is 15.1. The Balaban J connectivity index is 1.76. The summed E-state index contributed by atoms with van der Waals surface area (Å²) in [5, 5.41) is 10.7. The van der Waals surface area contributed by atoms with Gasteiger partial charge in [-0.1, -0.05) is 18.2 Å². The van der Waals surface area contributed by atoms with E-state index < -0.39 is 23.9 Å². The van der Waals surface area contributed by atoms with Crippen LogP contribution in [-0.2, 0) is 6.54 Å². The molecule has 1 aliphatic heterocycles. The Morgan fingerprint density at radius 2 is 1.84 bits per heavy atom. The highest BCUT2D eigenvalue weighted by Gasteiger charge is 2.48. The second-order valence-electron chi connectivity index (χ2n) is 9.21. The number of nitrogens with zero attached hydrogens (tertiary/aromatic N) is 1. The molecule has 1 unspecified atom stereocenters. The molecule has 2 aliphatic rings. The highest BCUT2D eigenvalue weighted by molar-refractivity contribution is 6.05. The fraction of sp³-hybridized carbons (Fsp3) is 0.458. The van der Waals surface area contributed by atoms with Crippen LogP contribution >= 0.6 is 0 Å². The van der Waals surface area contributed by atoms with Gasteiger partial charge in [0.25, 0.3) is 11.8 Å². The zero-order valence-electron chi connectivity index (χ0n) is 17.8. The molecule has 31 heavy (non-hydrogen) atoms. The van der Waals surface area contributed by atoms with Gasteiger partial charge in [-0.25, -0.2) is 13.2 Å². The van der Waals surface area contributed by atoms with E-state index >= 15 is 0 Å². The first kappa shape index (κ1) is 21.7. The lowest BCUT2D eigenvalue weighted by atomic mass is 9.92. The minimum absolute atomic E-state index is 0.157. The summed E-state index contributed by atoms with van der Waals surface area (Å²) in [5.41, 5.74) is 0.429. The van der Waals surface area contributed by atoms with Crippen molar-refractivity contribution in [3.63, 3.8) is 0 Å². The predicted octanol–water partition coefficient (Wildman–Crippen LogP) is 5.03. The molecule has 2 aromatic rings. The Bertz CT molecular complexity index is 1010. The van der Waals surface area contributed by atoms with Crippen LogP contribution in [0.2, 0.25) is 0 Å². The number of carbonyl (C=O) groups excluding carboxylic acids is 1. The van der Waals surface area contributed by atoms with Gasteiger partial charge in [-0.15, -0.1) is 0 Å². The maximum atomic E-state index is 14.5. The molecule has 166 valence electrons. The molecule has 0 spiro atoms. The third kappa shape index (κ3) is 4.42. The van der Waals surface area contributed by atoms with Crippen LogP contribution in [0.1, 0.15) is 49.5 Å². The average molecular weight is 433 g/mol. The van der Waals surface area contributed by atoms with Gasteiger partial charge in [0.15, 0.2) is 6.61 Å². The Morgan fingerprint density at radius 1 is 1.16 bits per heavy atom. The number of benzene rings is 2. The lowest BCUT2D eigenvalue weighted by Crippen LogP contribution is -2.51. The molecule has 1 heterocycles. The zero-order valence-corrected chi connectivity index (χ0v) is 17.8. The molecule has 0 aromatic heterocycles. The van der Waals surface area contributed by atoms with E-state index in [2.05, 4.69) is 0 Å². The molecule has 0 bridgehead atoms. The van der Waals surface area contributed by atoms with Crippen LogP contribution in [0.25, 0.3) is 11.1 Å². The van der Waals surface area contributed by atoms with Crippen molar-refractivity contribution in [3.8, 4) is 16.9 Å². The minimum Gasteiger partial charge on any atom is -0.487 e. The van der Waals surface area contributed by atoms with Crippen LogP contribution in [0.4, 0.5) is 13.2 Å². The molecule has 7 heteroatoms. The standard InChI is InChI=1S/C24H26F3NO3/c1-23(2,30)21(14-8-9-14)28-12-15-10-16(25)11-18(20(15)22(28)29)17-6-4-5-7-19(17)31-13-24(3,26)27/h4-7,10-11,14,21,30H,8-9,12-13H2,1-3H3. The molecule has 4 rings (SSSR count). The number of rotatable bonds is 7.